The molecule has 1 aliphatic heterocycles. The van der Waals surface area contributed by atoms with Crippen molar-refractivity contribution in [3.63, 3.8) is 0 Å². The second-order valence-electron chi connectivity index (χ2n) is 6.28. The number of hydrogen-bond acceptors (Lipinski definition) is 4. The molecule has 5 nitrogen and oxygen atoms in total. The van der Waals surface area contributed by atoms with E-state index in [4.69, 9.17) is 11.6 Å². The van der Waals surface area contributed by atoms with Crippen LogP contribution in [0.3, 0.4) is 0 Å². The van der Waals surface area contributed by atoms with Crippen LogP contribution >= 0.6 is 22.9 Å². The lowest BCUT2D eigenvalue weighted by molar-refractivity contribution is -0.117. The lowest BCUT2D eigenvalue weighted by Crippen LogP contribution is -2.24. The zero-order valence-electron chi connectivity index (χ0n) is 14.6. The molecule has 1 N–H and O–H groups in total. The third-order valence-corrected chi connectivity index (χ3v) is 5.76. The summed E-state index contributed by atoms with van der Waals surface area (Å²) >= 11 is 7.37. The van der Waals surface area contributed by atoms with Crippen molar-refractivity contribution in [2.45, 2.75) is 12.8 Å². The van der Waals surface area contributed by atoms with Gasteiger partial charge < -0.3 is 10.2 Å². The number of nitrogens with zero attached hydrogens (tertiary/aromatic N) is 2. The fourth-order valence-electron chi connectivity index (χ4n) is 3.04. The Morgan fingerprint density at radius 3 is 2.79 bits per heavy atom. The predicted octanol–water partition coefficient (Wildman–Crippen LogP) is 4.98. The number of aromatic nitrogens is 1. The number of carbonyl (C=O) groups excluding carboxylic acids is 2. The Morgan fingerprint density at radius 1 is 1.25 bits per heavy atom. The molecule has 3 aromatic rings. The van der Waals surface area contributed by atoms with Crippen LogP contribution in [0.4, 0.5) is 15.8 Å². The first-order valence-electron chi connectivity index (χ1n) is 8.65. The summed E-state index contributed by atoms with van der Waals surface area (Å²) in [7, 11) is 0. The van der Waals surface area contributed by atoms with Crippen LogP contribution < -0.4 is 10.2 Å². The number of halogens is 2. The van der Waals surface area contributed by atoms with Gasteiger partial charge in [0, 0.05) is 24.2 Å². The fraction of sp³-hybridized carbons (Fsp3) is 0.150. The Kier molecular flexibility index (Phi) is 5.11. The van der Waals surface area contributed by atoms with E-state index in [1.54, 1.807) is 12.1 Å². The van der Waals surface area contributed by atoms with Crippen molar-refractivity contribution in [3.8, 4) is 10.6 Å². The molecule has 0 aliphatic carbocycles. The first kappa shape index (κ1) is 18.6. The van der Waals surface area contributed by atoms with Gasteiger partial charge in [-0.1, -0.05) is 29.8 Å². The highest BCUT2D eigenvalue weighted by atomic mass is 35.5. The van der Waals surface area contributed by atoms with Gasteiger partial charge in [-0.05, 0) is 30.7 Å². The average molecular weight is 416 g/mol. The highest BCUT2D eigenvalue weighted by molar-refractivity contribution is 7.17. The standard InChI is InChI=1S/C20H15ClFN3O2S/c21-14-5-2-1-4-13(14)20-23-11-17(28-20)19(27)24-12-7-8-16(15(22)10-12)25-9-3-6-18(25)26/h1-2,4-5,7-8,10-11H,3,6,9H2,(H,24,27). The van der Waals surface area contributed by atoms with Crippen LogP contribution in [0.2, 0.25) is 5.02 Å². The maximum absolute atomic E-state index is 14.4. The first-order valence-corrected chi connectivity index (χ1v) is 9.84. The largest absolute Gasteiger partial charge is 0.321 e. The van der Waals surface area contributed by atoms with Gasteiger partial charge in [-0.2, -0.15) is 0 Å². The normalized spacial score (nSPS) is 13.8. The lowest BCUT2D eigenvalue weighted by Gasteiger charge is -2.17. The van der Waals surface area contributed by atoms with Crippen molar-refractivity contribution < 1.29 is 14.0 Å². The molecule has 1 aliphatic rings. The van der Waals surface area contributed by atoms with Gasteiger partial charge in [0.1, 0.15) is 15.7 Å². The van der Waals surface area contributed by atoms with Gasteiger partial charge in [0.2, 0.25) is 5.91 Å². The quantitative estimate of drug-likeness (QED) is 0.653. The van der Waals surface area contributed by atoms with Crippen molar-refractivity contribution in [3.05, 3.63) is 64.4 Å². The van der Waals surface area contributed by atoms with Crippen molar-refractivity contribution >= 4 is 46.1 Å². The first-order chi connectivity index (χ1) is 13.5. The molecule has 1 saturated heterocycles. The average Bonchev–Trinajstić information content (AvgIpc) is 3.32. The van der Waals surface area contributed by atoms with E-state index in [-0.39, 0.29) is 17.5 Å². The van der Waals surface area contributed by atoms with Gasteiger partial charge in [-0.3, -0.25) is 9.59 Å². The molecule has 1 fully saturated rings. The lowest BCUT2D eigenvalue weighted by atomic mass is 10.2. The summed E-state index contributed by atoms with van der Waals surface area (Å²) in [6.07, 6.45) is 2.61. The molecule has 2 amide bonds. The Bertz CT molecular complexity index is 1070. The van der Waals surface area contributed by atoms with E-state index in [1.165, 1.54) is 34.6 Å². The van der Waals surface area contributed by atoms with Crippen molar-refractivity contribution in [1.29, 1.82) is 0 Å². The number of carbonyl (C=O) groups is 2. The zero-order valence-corrected chi connectivity index (χ0v) is 16.2. The van der Waals surface area contributed by atoms with E-state index in [9.17, 15) is 14.0 Å². The van der Waals surface area contributed by atoms with Crippen LogP contribution in [0.5, 0.6) is 0 Å². The molecule has 0 saturated carbocycles. The highest BCUT2D eigenvalue weighted by Gasteiger charge is 2.24. The number of thiazole rings is 1. The zero-order chi connectivity index (χ0) is 19.7. The number of rotatable bonds is 4. The molecule has 4 rings (SSSR count). The minimum absolute atomic E-state index is 0.0903. The summed E-state index contributed by atoms with van der Waals surface area (Å²) in [5.74, 6) is -1.03. The number of anilines is 2. The summed E-state index contributed by atoms with van der Waals surface area (Å²) in [6.45, 7) is 0.507. The Labute approximate surface area is 169 Å². The maximum Gasteiger partial charge on any atom is 0.267 e. The monoisotopic (exact) mass is 415 g/mol. The van der Waals surface area contributed by atoms with Crippen LogP contribution in [0.15, 0.2) is 48.7 Å². The summed E-state index contributed by atoms with van der Waals surface area (Å²) < 4.78 is 14.4. The Morgan fingerprint density at radius 2 is 2.07 bits per heavy atom. The molecule has 0 unspecified atom stereocenters. The minimum Gasteiger partial charge on any atom is -0.321 e. The van der Waals surface area contributed by atoms with Crippen LogP contribution in [-0.2, 0) is 4.79 Å². The minimum atomic E-state index is -0.547. The molecular weight excluding hydrogens is 401 g/mol. The third kappa shape index (κ3) is 3.63. The van der Waals surface area contributed by atoms with E-state index in [0.29, 0.717) is 33.6 Å². The third-order valence-electron chi connectivity index (χ3n) is 4.40. The number of benzene rings is 2. The second kappa shape index (κ2) is 7.69. The van der Waals surface area contributed by atoms with Gasteiger partial charge in [-0.25, -0.2) is 9.37 Å². The summed E-state index contributed by atoms with van der Waals surface area (Å²) in [5.41, 5.74) is 1.30. The Hall–Kier alpha value is -2.77. The number of hydrogen-bond donors (Lipinski definition) is 1. The van der Waals surface area contributed by atoms with Gasteiger partial charge >= 0.3 is 0 Å². The van der Waals surface area contributed by atoms with Crippen molar-refractivity contribution in [2.75, 3.05) is 16.8 Å². The maximum atomic E-state index is 14.4. The molecule has 0 radical (unpaired) electrons. The van der Waals surface area contributed by atoms with E-state index in [1.807, 2.05) is 18.2 Å². The van der Waals surface area contributed by atoms with Crippen molar-refractivity contribution in [1.82, 2.24) is 4.98 Å². The second-order valence-corrected chi connectivity index (χ2v) is 7.72. The van der Waals surface area contributed by atoms with E-state index in [2.05, 4.69) is 10.3 Å². The summed E-state index contributed by atoms with van der Waals surface area (Å²) in [5, 5.41) is 3.85. The van der Waals surface area contributed by atoms with Gasteiger partial charge in [-0.15, -0.1) is 11.3 Å². The molecule has 1 aromatic heterocycles. The smallest absolute Gasteiger partial charge is 0.267 e. The van der Waals surface area contributed by atoms with Gasteiger partial charge in [0.15, 0.2) is 0 Å². The van der Waals surface area contributed by atoms with Crippen LogP contribution in [0.25, 0.3) is 10.6 Å². The molecule has 0 spiro atoms. The highest BCUT2D eigenvalue weighted by Crippen LogP contribution is 2.32. The molecular formula is C20H15ClFN3O2S. The van der Waals surface area contributed by atoms with Crippen LogP contribution in [0, 0.1) is 5.82 Å². The van der Waals surface area contributed by atoms with Crippen LogP contribution in [-0.4, -0.2) is 23.3 Å². The SMILES string of the molecule is O=C(Nc1ccc(N2CCCC2=O)c(F)c1)c1cnc(-c2ccccc2Cl)s1. The summed E-state index contributed by atoms with van der Waals surface area (Å²) in [6, 6.07) is 11.6. The number of nitrogens with one attached hydrogen (secondary N) is 1. The predicted molar refractivity (Wildman–Crippen MR) is 109 cm³/mol. The fourth-order valence-corrected chi connectivity index (χ4v) is 4.17. The molecule has 28 heavy (non-hydrogen) atoms. The topological polar surface area (TPSA) is 62.3 Å². The molecule has 2 aromatic carbocycles. The molecule has 2 heterocycles. The van der Waals surface area contributed by atoms with E-state index >= 15 is 0 Å². The number of amides is 2. The van der Waals surface area contributed by atoms with Gasteiger partial charge in [0.25, 0.3) is 5.91 Å². The van der Waals surface area contributed by atoms with Crippen LogP contribution in [0.1, 0.15) is 22.5 Å². The van der Waals surface area contributed by atoms with Gasteiger partial charge in [0.05, 0.1) is 16.9 Å². The van der Waals surface area contributed by atoms with E-state index < -0.39 is 5.82 Å². The van der Waals surface area contributed by atoms with E-state index in [0.717, 1.165) is 12.0 Å². The Balaban J connectivity index is 1.51. The molecule has 0 atom stereocenters. The molecule has 8 heteroatoms. The molecule has 0 bridgehead atoms. The molecule has 142 valence electrons. The van der Waals surface area contributed by atoms with Crippen molar-refractivity contribution in [2.24, 2.45) is 0 Å². The summed E-state index contributed by atoms with van der Waals surface area (Å²) in [4.78, 5) is 30.4.